The van der Waals surface area contributed by atoms with Crippen LogP contribution in [0.25, 0.3) is 0 Å². The Hall–Kier alpha value is -1.57. The van der Waals surface area contributed by atoms with Crippen LogP contribution in [0.1, 0.15) is 59.3 Å². The third-order valence-corrected chi connectivity index (χ3v) is 9.64. The van der Waals surface area contributed by atoms with Crippen LogP contribution in [-0.2, 0) is 9.59 Å². The summed E-state index contributed by atoms with van der Waals surface area (Å²) in [5.74, 6) is -8.96. The second-order valence-corrected chi connectivity index (χ2v) is 10.7. The van der Waals surface area contributed by atoms with Gasteiger partial charge in [0.2, 0.25) is 0 Å². The van der Waals surface area contributed by atoms with Crippen LogP contribution >= 0.6 is 0 Å². The minimum absolute atomic E-state index is 0.0593. The van der Waals surface area contributed by atoms with Gasteiger partial charge in [-0.2, -0.15) is 22.0 Å². The van der Waals surface area contributed by atoms with Gasteiger partial charge in [0, 0.05) is 23.2 Å². The predicted molar refractivity (Wildman–Crippen MR) is 107 cm³/mol. The standard InChI is InChI=1S/C24H29F5O3/c1-20-8-6-14(31)10-13(20)4-5-15-16(20)7-9-21(2)17(15)11-18(22(21,3)19(32)12-30)23(25,26)24(27,28)29/h7,10,15,17-18,30H,4-6,8-9,11-12H2,1-3H3/t15?,17?,18-,20+,21+,22-/m1/s1. The summed E-state index contributed by atoms with van der Waals surface area (Å²) in [4.78, 5) is 24.8. The molecule has 0 bridgehead atoms. The number of carbonyl (C=O) groups is 2. The van der Waals surface area contributed by atoms with Crippen molar-refractivity contribution in [2.45, 2.75) is 71.4 Å². The molecule has 2 unspecified atom stereocenters. The number of aliphatic hydroxyl groups is 1. The summed E-state index contributed by atoms with van der Waals surface area (Å²) in [6.45, 7) is 3.80. The number of allylic oxidation sites excluding steroid dienone is 4. The van der Waals surface area contributed by atoms with Crippen LogP contribution in [-0.4, -0.2) is 35.4 Å². The van der Waals surface area contributed by atoms with E-state index in [1.807, 2.05) is 13.0 Å². The number of alkyl halides is 5. The smallest absolute Gasteiger partial charge is 0.389 e. The van der Waals surface area contributed by atoms with Gasteiger partial charge < -0.3 is 5.11 Å². The summed E-state index contributed by atoms with van der Waals surface area (Å²) in [5.41, 5.74) is -1.54. The highest BCUT2D eigenvalue weighted by Crippen LogP contribution is 2.72. The first kappa shape index (κ1) is 23.6. The van der Waals surface area contributed by atoms with Crippen LogP contribution in [0.4, 0.5) is 22.0 Å². The number of carbonyl (C=O) groups excluding carboxylic acids is 2. The quantitative estimate of drug-likeness (QED) is 0.451. The molecule has 2 fully saturated rings. The Bertz CT molecular complexity index is 919. The first-order valence-electron chi connectivity index (χ1n) is 11.2. The molecule has 3 nitrogen and oxygen atoms in total. The van der Waals surface area contributed by atoms with Crippen LogP contribution < -0.4 is 0 Å². The molecule has 4 aliphatic carbocycles. The number of aliphatic hydroxyl groups excluding tert-OH is 1. The van der Waals surface area contributed by atoms with Crippen LogP contribution in [0.3, 0.4) is 0 Å². The molecular weight excluding hydrogens is 431 g/mol. The lowest BCUT2D eigenvalue weighted by atomic mass is 9.48. The normalized spacial score (nSPS) is 41.9. The van der Waals surface area contributed by atoms with E-state index in [-0.39, 0.29) is 18.1 Å². The first-order valence-corrected chi connectivity index (χ1v) is 11.2. The maximum atomic E-state index is 14.8. The van der Waals surface area contributed by atoms with E-state index in [0.29, 0.717) is 25.7 Å². The number of Topliss-reactive ketones (excluding diaryl/α,β-unsaturated/α-hetero) is 1. The molecule has 0 radical (unpaired) electrons. The molecule has 4 rings (SSSR count). The molecule has 0 aliphatic heterocycles. The van der Waals surface area contributed by atoms with Crippen LogP contribution in [0.15, 0.2) is 23.3 Å². The fraction of sp³-hybridized carbons (Fsp3) is 0.750. The molecule has 0 aromatic rings. The van der Waals surface area contributed by atoms with Gasteiger partial charge in [-0.25, -0.2) is 0 Å². The van der Waals surface area contributed by atoms with Crippen molar-refractivity contribution in [3.05, 3.63) is 23.3 Å². The maximum absolute atomic E-state index is 14.8. The molecular formula is C24H29F5O3. The molecule has 8 heteroatoms. The molecule has 6 atom stereocenters. The Morgan fingerprint density at radius 3 is 2.41 bits per heavy atom. The molecule has 0 aromatic carbocycles. The van der Waals surface area contributed by atoms with Crippen molar-refractivity contribution in [2.24, 2.45) is 34.0 Å². The number of halogens is 5. The van der Waals surface area contributed by atoms with E-state index in [0.717, 1.165) is 11.1 Å². The first-order chi connectivity index (χ1) is 14.6. The van der Waals surface area contributed by atoms with E-state index >= 15 is 0 Å². The van der Waals surface area contributed by atoms with Crippen LogP contribution in [0.5, 0.6) is 0 Å². The van der Waals surface area contributed by atoms with Gasteiger partial charge in [0.1, 0.15) is 6.61 Å². The fourth-order valence-corrected chi connectivity index (χ4v) is 7.52. The highest BCUT2D eigenvalue weighted by Gasteiger charge is 2.76. The number of hydrogen-bond acceptors (Lipinski definition) is 3. The zero-order chi connectivity index (χ0) is 23.9. The van der Waals surface area contributed by atoms with Gasteiger partial charge in [-0.3, -0.25) is 9.59 Å². The molecule has 178 valence electrons. The second-order valence-electron chi connectivity index (χ2n) is 10.7. The second kappa shape index (κ2) is 6.97. The zero-order valence-corrected chi connectivity index (χ0v) is 18.5. The maximum Gasteiger partial charge on any atom is 0.453 e. The Morgan fingerprint density at radius 1 is 1.16 bits per heavy atom. The lowest BCUT2D eigenvalue weighted by Gasteiger charge is -2.55. The van der Waals surface area contributed by atoms with Gasteiger partial charge in [-0.15, -0.1) is 0 Å². The van der Waals surface area contributed by atoms with Crippen LogP contribution in [0.2, 0.25) is 0 Å². The Balaban J connectivity index is 1.83. The van der Waals surface area contributed by atoms with Gasteiger partial charge in [0.15, 0.2) is 11.6 Å². The third-order valence-electron chi connectivity index (χ3n) is 9.64. The fourth-order valence-electron chi connectivity index (χ4n) is 7.52. The molecule has 0 heterocycles. The Kier molecular flexibility index (Phi) is 5.13. The average molecular weight is 460 g/mol. The lowest BCUT2D eigenvalue weighted by Crippen LogP contribution is -2.56. The molecule has 2 saturated carbocycles. The monoisotopic (exact) mass is 460 g/mol. The van der Waals surface area contributed by atoms with Gasteiger partial charge in [0.05, 0.1) is 0 Å². The number of rotatable bonds is 3. The molecule has 0 amide bonds. The average Bonchev–Trinajstić information content (AvgIpc) is 2.96. The lowest BCUT2D eigenvalue weighted by molar-refractivity contribution is -0.312. The topological polar surface area (TPSA) is 54.4 Å². The van der Waals surface area contributed by atoms with Gasteiger partial charge >= 0.3 is 12.1 Å². The van der Waals surface area contributed by atoms with Gasteiger partial charge in [-0.1, -0.05) is 38.0 Å². The van der Waals surface area contributed by atoms with E-state index in [1.54, 1.807) is 13.0 Å². The number of ketones is 2. The van der Waals surface area contributed by atoms with Gasteiger partial charge in [0.25, 0.3) is 0 Å². The van der Waals surface area contributed by atoms with E-state index in [1.165, 1.54) is 6.92 Å². The number of fused-ring (bicyclic) bond motifs is 5. The van der Waals surface area contributed by atoms with E-state index in [9.17, 15) is 36.6 Å². The number of hydrogen-bond donors (Lipinski definition) is 1. The summed E-state index contributed by atoms with van der Waals surface area (Å²) < 4.78 is 70.1. The molecule has 0 spiro atoms. The van der Waals surface area contributed by atoms with Gasteiger partial charge in [-0.05, 0) is 55.4 Å². The molecule has 1 N–H and O–H groups in total. The van der Waals surface area contributed by atoms with Crippen molar-refractivity contribution in [2.75, 3.05) is 6.61 Å². The summed E-state index contributed by atoms with van der Waals surface area (Å²) in [7, 11) is 0. The van der Waals surface area contributed by atoms with Crippen molar-refractivity contribution < 1.29 is 36.6 Å². The molecule has 32 heavy (non-hydrogen) atoms. The van der Waals surface area contributed by atoms with E-state index in [2.05, 4.69) is 0 Å². The largest absolute Gasteiger partial charge is 0.453 e. The predicted octanol–water partition coefficient (Wildman–Crippen LogP) is 5.43. The molecule has 0 saturated heterocycles. The highest BCUT2D eigenvalue weighted by atomic mass is 19.4. The SMILES string of the molecule is C[C@]12CCC(=O)C=C1CCC1C2=CC[C@@]2(C)C1C[C@@H](C(F)(F)C(F)(F)F)[C@]2(C)C(=O)CO. The summed E-state index contributed by atoms with van der Waals surface area (Å²) in [6.07, 6.45) is -0.318. The minimum Gasteiger partial charge on any atom is -0.389 e. The molecule has 4 aliphatic rings. The van der Waals surface area contributed by atoms with E-state index in [4.69, 9.17) is 0 Å². The highest BCUT2D eigenvalue weighted by molar-refractivity contribution is 5.92. The summed E-state index contributed by atoms with van der Waals surface area (Å²) in [5, 5.41) is 9.57. The summed E-state index contributed by atoms with van der Waals surface area (Å²) >= 11 is 0. The summed E-state index contributed by atoms with van der Waals surface area (Å²) in [6, 6.07) is 0. The van der Waals surface area contributed by atoms with Crippen molar-refractivity contribution >= 4 is 11.6 Å². The van der Waals surface area contributed by atoms with Crippen molar-refractivity contribution in [3.8, 4) is 0 Å². The van der Waals surface area contributed by atoms with Crippen molar-refractivity contribution in [3.63, 3.8) is 0 Å². The van der Waals surface area contributed by atoms with Crippen molar-refractivity contribution in [1.29, 1.82) is 0 Å². The zero-order valence-electron chi connectivity index (χ0n) is 18.5. The Morgan fingerprint density at radius 2 is 1.81 bits per heavy atom. The third kappa shape index (κ3) is 2.80. The minimum atomic E-state index is -5.78. The molecule has 0 aromatic heterocycles. The van der Waals surface area contributed by atoms with Crippen molar-refractivity contribution in [1.82, 2.24) is 0 Å². The Labute approximate surface area is 184 Å². The van der Waals surface area contributed by atoms with Crippen LogP contribution in [0, 0.1) is 34.0 Å². The van der Waals surface area contributed by atoms with E-state index < -0.39 is 59.0 Å².